The summed E-state index contributed by atoms with van der Waals surface area (Å²) >= 11 is 3.72. The Balaban J connectivity index is 1.19. The highest BCUT2D eigenvalue weighted by Crippen LogP contribution is 2.41. The molecule has 0 unspecified atom stereocenters. The van der Waals surface area contributed by atoms with Gasteiger partial charge in [-0.25, -0.2) is 0 Å². The van der Waals surface area contributed by atoms with Gasteiger partial charge < -0.3 is 9.64 Å². The second kappa shape index (κ2) is 11.0. The molecule has 3 aromatic rings. The predicted octanol–water partition coefficient (Wildman–Crippen LogP) is 7.54. The van der Waals surface area contributed by atoms with E-state index in [1.54, 1.807) is 12.1 Å². The van der Waals surface area contributed by atoms with Crippen LogP contribution in [0.15, 0.2) is 83.3 Å². The Hall–Kier alpha value is -2.35. The molecule has 3 nitrogen and oxygen atoms in total. The van der Waals surface area contributed by atoms with E-state index in [9.17, 15) is 13.2 Å². The zero-order valence-corrected chi connectivity index (χ0v) is 21.6. The van der Waals surface area contributed by atoms with E-state index in [4.69, 9.17) is 0 Å². The molecule has 2 fully saturated rings. The van der Waals surface area contributed by atoms with Gasteiger partial charge in [-0.15, -0.1) is 13.2 Å². The van der Waals surface area contributed by atoms with Crippen LogP contribution in [-0.4, -0.2) is 41.8 Å². The summed E-state index contributed by atoms with van der Waals surface area (Å²) in [7, 11) is 0. The Morgan fingerprint density at radius 3 is 2.17 bits per heavy atom. The van der Waals surface area contributed by atoms with Crippen molar-refractivity contribution < 1.29 is 17.9 Å². The Morgan fingerprint density at radius 2 is 1.50 bits per heavy atom. The van der Waals surface area contributed by atoms with E-state index in [1.165, 1.54) is 23.3 Å². The summed E-state index contributed by atoms with van der Waals surface area (Å²) < 4.78 is 42.5. The van der Waals surface area contributed by atoms with E-state index in [0.717, 1.165) is 55.5 Å². The molecule has 0 spiro atoms. The summed E-state index contributed by atoms with van der Waals surface area (Å²) in [5, 5.41) is 0. The maximum atomic E-state index is 12.4. The molecule has 2 heterocycles. The van der Waals surface area contributed by atoms with Crippen molar-refractivity contribution in [1.29, 1.82) is 0 Å². The summed E-state index contributed by atoms with van der Waals surface area (Å²) in [6.07, 6.45) is -1.48. The minimum Gasteiger partial charge on any atom is -0.406 e. The van der Waals surface area contributed by atoms with Crippen LogP contribution in [0.3, 0.4) is 0 Å². The highest BCUT2D eigenvalue weighted by atomic mass is 79.9. The number of ether oxygens (including phenoxy) is 1. The van der Waals surface area contributed by atoms with Gasteiger partial charge in [0.1, 0.15) is 5.75 Å². The normalized spacial score (nSPS) is 21.8. The minimum atomic E-state index is -4.65. The van der Waals surface area contributed by atoms with E-state index in [0.29, 0.717) is 18.0 Å². The van der Waals surface area contributed by atoms with Crippen LogP contribution in [0, 0.1) is 0 Å². The summed E-state index contributed by atoms with van der Waals surface area (Å²) in [5.41, 5.74) is 3.77. The topological polar surface area (TPSA) is 15.7 Å². The van der Waals surface area contributed by atoms with Gasteiger partial charge in [0.2, 0.25) is 0 Å². The molecule has 0 saturated carbocycles. The first-order valence-electron chi connectivity index (χ1n) is 12.5. The van der Waals surface area contributed by atoms with Crippen LogP contribution < -0.4 is 4.74 Å². The Labute approximate surface area is 219 Å². The zero-order valence-electron chi connectivity index (χ0n) is 20.0. The third kappa shape index (κ3) is 6.13. The highest BCUT2D eigenvalue weighted by Gasteiger charge is 2.40. The molecule has 36 heavy (non-hydrogen) atoms. The van der Waals surface area contributed by atoms with Crippen LogP contribution in [0.2, 0.25) is 0 Å². The van der Waals surface area contributed by atoms with Gasteiger partial charge in [0.25, 0.3) is 0 Å². The molecule has 0 bridgehead atoms. The lowest BCUT2D eigenvalue weighted by Gasteiger charge is -2.51. The van der Waals surface area contributed by atoms with Gasteiger partial charge >= 0.3 is 6.36 Å². The molecule has 2 atom stereocenters. The van der Waals surface area contributed by atoms with E-state index in [1.807, 2.05) is 0 Å². The van der Waals surface area contributed by atoms with Crippen LogP contribution in [0.4, 0.5) is 13.2 Å². The monoisotopic (exact) mass is 558 g/mol. The number of halogens is 4. The van der Waals surface area contributed by atoms with Crippen LogP contribution in [-0.2, 0) is 6.54 Å². The van der Waals surface area contributed by atoms with Crippen molar-refractivity contribution in [3.63, 3.8) is 0 Å². The second-order valence-electron chi connectivity index (χ2n) is 9.77. The van der Waals surface area contributed by atoms with Crippen LogP contribution in [0.25, 0.3) is 0 Å². The summed E-state index contributed by atoms with van der Waals surface area (Å²) in [6, 6.07) is 26.5. The maximum Gasteiger partial charge on any atom is 0.573 e. The van der Waals surface area contributed by atoms with Gasteiger partial charge in [-0.1, -0.05) is 76.6 Å². The Bertz CT molecular complexity index is 1130. The SMILES string of the molecule is FC(F)(F)Oc1ccc(C2CCN(C[C@@H]3C[C@H](c4ccccc4)N3Cc3ccccc3Br)CC2)cc1. The molecule has 5 rings (SSSR count). The van der Waals surface area contributed by atoms with Gasteiger partial charge in [0.05, 0.1) is 0 Å². The molecule has 7 heteroatoms. The first kappa shape index (κ1) is 25.3. The third-order valence-electron chi connectivity index (χ3n) is 7.50. The zero-order chi connectivity index (χ0) is 25.1. The van der Waals surface area contributed by atoms with Crippen LogP contribution in [0.5, 0.6) is 5.75 Å². The van der Waals surface area contributed by atoms with Crippen molar-refractivity contribution in [3.8, 4) is 5.75 Å². The largest absolute Gasteiger partial charge is 0.573 e. The molecule has 0 radical (unpaired) electrons. The van der Waals surface area contributed by atoms with Gasteiger partial charge in [-0.3, -0.25) is 4.90 Å². The number of piperidine rings is 1. The standard InChI is InChI=1S/C29H30BrF3N2O/c30-27-9-5-4-8-24(27)19-35-25(18-28(35)23-6-2-1-3-7-23)20-34-16-14-22(15-17-34)21-10-12-26(13-11-21)36-29(31,32)33/h1-13,22,25,28H,14-20H2/t25-,28+/m0/s1. The number of rotatable bonds is 7. The fourth-order valence-electron chi connectivity index (χ4n) is 5.58. The highest BCUT2D eigenvalue weighted by molar-refractivity contribution is 9.10. The number of alkyl halides is 3. The fourth-order valence-corrected chi connectivity index (χ4v) is 5.99. The van der Waals surface area contributed by atoms with Crippen LogP contribution in [0.1, 0.15) is 47.9 Å². The Kier molecular flexibility index (Phi) is 7.70. The van der Waals surface area contributed by atoms with Crippen molar-refractivity contribution in [2.24, 2.45) is 0 Å². The maximum absolute atomic E-state index is 12.4. The quantitative estimate of drug-likeness (QED) is 0.298. The van der Waals surface area contributed by atoms with E-state index in [-0.39, 0.29) is 5.75 Å². The predicted molar refractivity (Wildman–Crippen MR) is 139 cm³/mol. The molecule has 3 aromatic carbocycles. The number of benzene rings is 3. The van der Waals surface area contributed by atoms with Crippen molar-refractivity contribution in [1.82, 2.24) is 9.80 Å². The Morgan fingerprint density at radius 1 is 0.833 bits per heavy atom. The van der Waals surface area contributed by atoms with Gasteiger partial charge in [0, 0.05) is 29.6 Å². The number of nitrogens with zero attached hydrogens (tertiary/aromatic N) is 2. The second-order valence-corrected chi connectivity index (χ2v) is 10.6. The van der Waals surface area contributed by atoms with E-state index >= 15 is 0 Å². The van der Waals surface area contributed by atoms with Crippen molar-refractivity contribution in [2.45, 2.75) is 50.2 Å². The average molecular weight is 559 g/mol. The summed E-state index contributed by atoms with van der Waals surface area (Å²) in [5.74, 6) is 0.211. The molecule has 0 aromatic heterocycles. The number of hydrogen-bond donors (Lipinski definition) is 0. The lowest BCUT2D eigenvalue weighted by Crippen LogP contribution is -2.55. The molecule has 0 aliphatic carbocycles. The first-order chi connectivity index (χ1) is 17.4. The van der Waals surface area contributed by atoms with Crippen molar-refractivity contribution in [2.75, 3.05) is 19.6 Å². The first-order valence-corrected chi connectivity index (χ1v) is 13.3. The average Bonchev–Trinajstić information content (AvgIpc) is 2.86. The minimum absolute atomic E-state index is 0.160. The van der Waals surface area contributed by atoms with E-state index in [2.05, 4.69) is 85.1 Å². The molecular formula is C29H30BrF3N2O. The third-order valence-corrected chi connectivity index (χ3v) is 8.28. The molecule has 2 aliphatic heterocycles. The summed E-state index contributed by atoms with van der Waals surface area (Å²) in [6.45, 7) is 3.95. The van der Waals surface area contributed by atoms with Crippen LogP contribution >= 0.6 is 15.9 Å². The van der Waals surface area contributed by atoms with Crippen molar-refractivity contribution >= 4 is 15.9 Å². The van der Waals surface area contributed by atoms with Gasteiger partial charge in [-0.2, -0.15) is 0 Å². The number of likely N-dealkylation sites (tertiary alicyclic amines) is 2. The van der Waals surface area contributed by atoms with Crippen molar-refractivity contribution in [3.05, 3.63) is 100 Å². The lowest BCUT2D eigenvalue weighted by molar-refractivity contribution is -0.274. The molecule has 0 amide bonds. The molecule has 0 N–H and O–H groups in total. The van der Waals surface area contributed by atoms with Gasteiger partial charge in [-0.05, 0) is 73.2 Å². The molecule has 190 valence electrons. The smallest absolute Gasteiger partial charge is 0.406 e. The van der Waals surface area contributed by atoms with Gasteiger partial charge in [0.15, 0.2) is 0 Å². The number of hydrogen-bond acceptors (Lipinski definition) is 3. The molecular weight excluding hydrogens is 529 g/mol. The molecule has 2 aliphatic rings. The summed E-state index contributed by atoms with van der Waals surface area (Å²) in [4.78, 5) is 5.18. The lowest BCUT2D eigenvalue weighted by atomic mass is 9.85. The fraction of sp³-hybridized carbons (Fsp3) is 0.379. The van der Waals surface area contributed by atoms with E-state index < -0.39 is 6.36 Å². The molecule has 2 saturated heterocycles.